The van der Waals surface area contributed by atoms with Crippen LogP contribution in [0.25, 0.3) is 0 Å². The molecule has 0 fully saturated rings. The number of nitrogens with zero attached hydrogens (tertiary/aromatic N) is 2. The number of benzene rings is 1. The minimum atomic E-state index is -0.277. The van der Waals surface area contributed by atoms with Crippen LogP contribution in [0.5, 0.6) is 0 Å². The maximum absolute atomic E-state index is 12.5. The molecular weight excluding hydrogens is 330 g/mol. The van der Waals surface area contributed by atoms with Crippen LogP contribution in [0.4, 0.5) is 0 Å². The van der Waals surface area contributed by atoms with E-state index in [1.165, 1.54) is 6.26 Å². The number of rotatable bonds is 8. The van der Waals surface area contributed by atoms with Gasteiger partial charge in [0.2, 0.25) is 5.91 Å². The molecule has 0 saturated carbocycles. The van der Waals surface area contributed by atoms with E-state index in [1.807, 2.05) is 26.0 Å². The summed E-state index contributed by atoms with van der Waals surface area (Å²) in [4.78, 5) is 26.1. The van der Waals surface area contributed by atoms with Crippen molar-refractivity contribution in [3.05, 3.63) is 59.5 Å². The second-order valence-electron chi connectivity index (χ2n) is 6.26. The topological polar surface area (TPSA) is 86.3 Å². The van der Waals surface area contributed by atoms with Crippen LogP contribution in [0.3, 0.4) is 0 Å². The lowest BCUT2D eigenvalue weighted by Crippen LogP contribution is -2.36. The van der Waals surface area contributed by atoms with Gasteiger partial charge in [-0.2, -0.15) is 5.26 Å². The van der Waals surface area contributed by atoms with Crippen LogP contribution in [0.15, 0.2) is 47.1 Å². The summed E-state index contributed by atoms with van der Waals surface area (Å²) >= 11 is 0. The van der Waals surface area contributed by atoms with Gasteiger partial charge in [0.15, 0.2) is 5.76 Å². The lowest BCUT2D eigenvalue weighted by molar-refractivity contribution is -0.133. The number of hydrogen-bond acceptors (Lipinski definition) is 4. The largest absolute Gasteiger partial charge is 0.459 e. The molecule has 1 aromatic carbocycles. The van der Waals surface area contributed by atoms with Crippen LogP contribution in [0.1, 0.15) is 48.4 Å². The Balaban J connectivity index is 1.82. The molecule has 0 saturated heterocycles. The molecule has 0 aliphatic carbocycles. The zero-order valence-corrected chi connectivity index (χ0v) is 15.1. The SMILES string of the molecule is CC(C)N(Cc1ccc(C#N)cc1)C(=O)CCCNC(=O)c1ccco1. The van der Waals surface area contributed by atoms with E-state index in [1.54, 1.807) is 29.2 Å². The van der Waals surface area contributed by atoms with E-state index < -0.39 is 0 Å². The van der Waals surface area contributed by atoms with Crippen LogP contribution >= 0.6 is 0 Å². The summed E-state index contributed by atoms with van der Waals surface area (Å²) in [5.74, 6) is 0.0262. The van der Waals surface area contributed by atoms with E-state index in [0.29, 0.717) is 31.5 Å². The van der Waals surface area contributed by atoms with E-state index >= 15 is 0 Å². The smallest absolute Gasteiger partial charge is 0.286 e. The van der Waals surface area contributed by atoms with Gasteiger partial charge in [-0.15, -0.1) is 0 Å². The summed E-state index contributed by atoms with van der Waals surface area (Å²) in [5, 5.41) is 11.6. The van der Waals surface area contributed by atoms with Crippen LogP contribution < -0.4 is 5.32 Å². The quantitative estimate of drug-likeness (QED) is 0.739. The van der Waals surface area contributed by atoms with Crippen LogP contribution in [0, 0.1) is 11.3 Å². The predicted octanol–water partition coefficient (Wildman–Crippen LogP) is 3.10. The molecule has 6 heteroatoms. The van der Waals surface area contributed by atoms with E-state index in [9.17, 15) is 9.59 Å². The van der Waals surface area contributed by atoms with Crippen molar-refractivity contribution in [1.29, 1.82) is 5.26 Å². The fraction of sp³-hybridized carbons (Fsp3) is 0.350. The first kappa shape index (κ1) is 19.3. The Morgan fingerprint density at radius 1 is 1.23 bits per heavy atom. The van der Waals surface area contributed by atoms with Gasteiger partial charge in [-0.25, -0.2) is 0 Å². The van der Waals surface area contributed by atoms with Crippen molar-refractivity contribution < 1.29 is 14.0 Å². The molecule has 2 rings (SSSR count). The standard InChI is InChI=1S/C20H23N3O3/c1-15(2)23(14-17-9-7-16(13-21)8-10-17)19(24)6-3-11-22-20(25)18-5-4-12-26-18/h4-5,7-10,12,15H,3,6,11,14H2,1-2H3,(H,22,25). The first-order chi connectivity index (χ1) is 12.5. The summed E-state index contributed by atoms with van der Waals surface area (Å²) in [6.07, 6.45) is 2.36. The third-order valence-electron chi connectivity index (χ3n) is 3.98. The Morgan fingerprint density at radius 2 is 1.96 bits per heavy atom. The summed E-state index contributed by atoms with van der Waals surface area (Å²) in [7, 11) is 0. The first-order valence-corrected chi connectivity index (χ1v) is 8.61. The summed E-state index contributed by atoms with van der Waals surface area (Å²) in [6, 6.07) is 12.6. The van der Waals surface area contributed by atoms with Gasteiger partial charge in [-0.1, -0.05) is 12.1 Å². The van der Waals surface area contributed by atoms with Crippen LogP contribution in [-0.4, -0.2) is 29.3 Å². The highest BCUT2D eigenvalue weighted by molar-refractivity contribution is 5.91. The summed E-state index contributed by atoms with van der Waals surface area (Å²) in [5.41, 5.74) is 1.58. The highest BCUT2D eigenvalue weighted by atomic mass is 16.3. The molecule has 26 heavy (non-hydrogen) atoms. The fourth-order valence-corrected chi connectivity index (χ4v) is 2.52. The van der Waals surface area contributed by atoms with Crippen molar-refractivity contribution >= 4 is 11.8 Å². The van der Waals surface area contributed by atoms with E-state index in [0.717, 1.165) is 5.56 Å². The van der Waals surface area contributed by atoms with Crippen molar-refractivity contribution in [2.45, 2.75) is 39.3 Å². The zero-order valence-electron chi connectivity index (χ0n) is 15.1. The number of carbonyl (C=O) groups excluding carboxylic acids is 2. The normalized spacial score (nSPS) is 10.4. The minimum absolute atomic E-state index is 0.0385. The van der Waals surface area contributed by atoms with Gasteiger partial charge in [-0.05, 0) is 50.1 Å². The van der Waals surface area contributed by atoms with Gasteiger partial charge in [-0.3, -0.25) is 9.59 Å². The molecule has 1 N–H and O–H groups in total. The molecule has 1 aromatic heterocycles. The Labute approximate surface area is 153 Å². The number of nitriles is 1. The molecule has 0 aliphatic rings. The molecule has 0 spiro atoms. The molecular formula is C20H23N3O3. The van der Waals surface area contributed by atoms with Gasteiger partial charge < -0.3 is 14.6 Å². The molecule has 0 unspecified atom stereocenters. The van der Waals surface area contributed by atoms with E-state index in [2.05, 4.69) is 11.4 Å². The Bertz CT molecular complexity index is 759. The molecule has 2 aromatic rings. The second-order valence-corrected chi connectivity index (χ2v) is 6.26. The third kappa shape index (κ3) is 5.49. The van der Waals surface area contributed by atoms with Crippen molar-refractivity contribution in [3.63, 3.8) is 0 Å². The summed E-state index contributed by atoms with van der Waals surface area (Å²) in [6.45, 7) is 4.86. The average Bonchev–Trinajstić information content (AvgIpc) is 3.18. The Morgan fingerprint density at radius 3 is 2.54 bits per heavy atom. The summed E-state index contributed by atoms with van der Waals surface area (Å²) < 4.78 is 5.02. The maximum Gasteiger partial charge on any atom is 0.286 e. The molecule has 6 nitrogen and oxygen atoms in total. The van der Waals surface area contributed by atoms with Crippen molar-refractivity contribution in [2.75, 3.05) is 6.54 Å². The van der Waals surface area contributed by atoms with Gasteiger partial charge >= 0.3 is 0 Å². The first-order valence-electron chi connectivity index (χ1n) is 8.61. The van der Waals surface area contributed by atoms with Crippen molar-refractivity contribution in [3.8, 4) is 6.07 Å². The monoisotopic (exact) mass is 353 g/mol. The highest BCUT2D eigenvalue weighted by Crippen LogP contribution is 2.12. The van der Waals surface area contributed by atoms with Gasteiger partial charge in [0, 0.05) is 25.6 Å². The second kappa shape index (κ2) is 9.42. The molecule has 1 heterocycles. The number of carbonyl (C=O) groups is 2. The third-order valence-corrected chi connectivity index (χ3v) is 3.98. The number of furan rings is 1. The molecule has 0 bridgehead atoms. The zero-order chi connectivity index (χ0) is 18.9. The van der Waals surface area contributed by atoms with Crippen LogP contribution in [0.2, 0.25) is 0 Å². The van der Waals surface area contributed by atoms with E-state index in [-0.39, 0.29) is 23.6 Å². The lowest BCUT2D eigenvalue weighted by Gasteiger charge is -2.27. The number of nitrogens with one attached hydrogen (secondary N) is 1. The predicted molar refractivity (Wildman–Crippen MR) is 97.1 cm³/mol. The number of amides is 2. The fourth-order valence-electron chi connectivity index (χ4n) is 2.52. The molecule has 0 aliphatic heterocycles. The highest BCUT2D eigenvalue weighted by Gasteiger charge is 2.17. The van der Waals surface area contributed by atoms with Crippen molar-refractivity contribution in [1.82, 2.24) is 10.2 Å². The molecule has 2 amide bonds. The van der Waals surface area contributed by atoms with Crippen molar-refractivity contribution in [2.24, 2.45) is 0 Å². The van der Waals surface area contributed by atoms with E-state index in [4.69, 9.17) is 9.68 Å². The van der Waals surface area contributed by atoms with Gasteiger partial charge in [0.1, 0.15) is 0 Å². The maximum atomic E-state index is 12.5. The van der Waals surface area contributed by atoms with Gasteiger partial charge in [0.05, 0.1) is 17.9 Å². The Hall–Kier alpha value is -3.07. The average molecular weight is 353 g/mol. The molecule has 0 radical (unpaired) electrons. The van der Waals surface area contributed by atoms with Gasteiger partial charge in [0.25, 0.3) is 5.91 Å². The minimum Gasteiger partial charge on any atom is -0.459 e. The number of hydrogen-bond donors (Lipinski definition) is 1. The lowest BCUT2D eigenvalue weighted by atomic mass is 10.1. The molecule has 0 atom stereocenters. The Kier molecular flexibility index (Phi) is 6.98. The molecule has 136 valence electrons. The van der Waals surface area contributed by atoms with Crippen LogP contribution in [-0.2, 0) is 11.3 Å².